The van der Waals surface area contributed by atoms with Crippen molar-refractivity contribution in [1.82, 2.24) is 19.4 Å². The minimum Gasteiger partial charge on any atom is -0.336 e. The zero-order chi connectivity index (χ0) is 24.4. The van der Waals surface area contributed by atoms with Gasteiger partial charge in [0.25, 0.3) is 0 Å². The first kappa shape index (κ1) is 23.7. The minimum absolute atomic E-state index is 0.0312. The Morgan fingerprint density at radius 2 is 1.83 bits per heavy atom. The fraction of sp³-hybridized carbons (Fsp3) is 0.296. The van der Waals surface area contributed by atoms with Crippen LogP contribution in [0.2, 0.25) is 5.15 Å². The lowest BCUT2D eigenvalue weighted by atomic mass is 10.00. The predicted octanol–water partition coefficient (Wildman–Crippen LogP) is 5.07. The molecule has 1 saturated heterocycles. The maximum absolute atomic E-state index is 13.5. The van der Waals surface area contributed by atoms with Crippen molar-refractivity contribution >= 4 is 39.1 Å². The Balaban J connectivity index is 1.41. The van der Waals surface area contributed by atoms with Crippen molar-refractivity contribution < 1.29 is 4.79 Å². The second-order valence-electron chi connectivity index (χ2n) is 8.94. The molecular weight excluding hydrogens is 480 g/mol. The molecule has 1 fully saturated rings. The Labute approximate surface area is 213 Å². The van der Waals surface area contributed by atoms with Crippen LogP contribution in [-0.2, 0) is 11.3 Å². The van der Waals surface area contributed by atoms with Crippen LogP contribution >= 0.6 is 22.9 Å². The number of para-hydroxylation sites is 1. The molecule has 5 rings (SSSR count). The Kier molecular flexibility index (Phi) is 7.00. The molecule has 1 aliphatic rings. The van der Waals surface area contributed by atoms with E-state index in [2.05, 4.69) is 34.1 Å². The zero-order valence-corrected chi connectivity index (χ0v) is 21.1. The molecule has 0 saturated carbocycles. The number of aromatic nitrogens is 2. The fourth-order valence-corrected chi connectivity index (χ4v) is 5.79. The summed E-state index contributed by atoms with van der Waals surface area (Å²) in [5.41, 5.74) is 3.92. The van der Waals surface area contributed by atoms with Crippen molar-refractivity contribution in [2.45, 2.75) is 25.4 Å². The van der Waals surface area contributed by atoms with Gasteiger partial charge in [-0.15, -0.1) is 0 Å². The van der Waals surface area contributed by atoms with E-state index in [1.165, 1.54) is 24.2 Å². The van der Waals surface area contributed by atoms with E-state index in [0.29, 0.717) is 5.15 Å². The minimum atomic E-state index is -0.115. The van der Waals surface area contributed by atoms with E-state index in [0.717, 1.165) is 46.5 Å². The molecule has 1 aliphatic heterocycles. The van der Waals surface area contributed by atoms with E-state index < -0.39 is 0 Å². The number of halogens is 1. The van der Waals surface area contributed by atoms with Crippen LogP contribution in [0.5, 0.6) is 0 Å². The molecule has 35 heavy (non-hydrogen) atoms. The monoisotopic (exact) mass is 506 g/mol. The third-order valence-corrected chi connectivity index (χ3v) is 7.88. The summed E-state index contributed by atoms with van der Waals surface area (Å²) in [6.07, 6.45) is 4.06. The van der Waals surface area contributed by atoms with Crippen molar-refractivity contribution in [1.29, 1.82) is 0 Å². The summed E-state index contributed by atoms with van der Waals surface area (Å²) in [6.45, 7) is 2.88. The summed E-state index contributed by atoms with van der Waals surface area (Å²) in [4.78, 5) is 34.2. The Morgan fingerprint density at radius 3 is 2.57 bits per heavy atom. The van der Waals surface area contributed by atoms with Crippen molar-refractivity contribution in [2.75, 3.05) is 26.7 Å². The number of carbonyl (C=O) groups excluding carboxylic acids is 1. The van der Waals surface area contributed by atoms with Crippen LogP contribution in [0.25, 0.3) is 21.3 Å². The number of fused-ring (bicyclic) bond motifs is 1. The lowest BCUT2D eigenvalue weighted by Gasteiger charge is -2.32. The van der Waals surface area contributed by atoms with E-state index in [9.17, 15) is 9.59 Å². The van der Waals surface area contributed by atoms with Crippen LogP contribution in [0.3, 0.4) is 0 Å². The highest BCUT2D eigenvalue weighted by molar-refractivity contribution is 7.16. The Morgan fingerprint density at radius 1 is 1.09 bits per heavy atom. The van der Waals surface area contributed by atoms with Gasteiger partial charge in [0.1, 0.15) is 11.7 Å². The molecule has 3 heterocycles. The van der Waals surface area contributed by atoms with Gasteiger partial charge in [-0.3, -0.25) is 14.2 Å². The number of rotatable bonds is 7. The van der Waals surface area contributed by atoms with Gasteiger partial charge in [0.05, 0.1) is 16.3 Å². The molecule has 0 radical (unpaired) electrons. The van der Waals surface area contributed by atoms with Crippen LogP contribution in [0.15, 0.2) is 71.7 Å². The summed E-state index contributed by atoms with van der Waals surface area (Å²) in [6, 6.07) is 19.6. The van der Waals surface area contributed by atoms with Crippen molar-refractivity contribution in [3.05, 3.63) is 87.2 Å². The fourth-order valence-electron chi connectivity index (χ4n) is 4.73. The quantitative estimate of drug-likeness (QED) is 0.328. The smallest absolute Gasteiger partial charge is 0.308 e. The lowest BCUT2D eigenvalue weighted by Crippen LogP contribution is -2.40. The molecule has 0 aliphatic carbocycles. The highest BCUT2D eigenvalue weighted by Crippen LogP contribution is 2.28. The molecule has 1 unspecified atom stereocenters. The number of thiazole rings is 1. The molecule has 2 aromatic carbocycles. The number of benzene rings is 2. The lowest BCUT2D eigenvalue weighted by molar-refractivity contribution is -0.133. The number of likely N-dealkylation sites (N-methyl/N-ethyl adjacent to an activating group) is 1. The largest absolute Gasteiger partial charge is 0.336 e. The second kappa shape index (κ2) is 10.3. The number of hydrogen-bond acceptors (Lipinski definition) is 5. The average molecular weight is 507 g/mol. The third-order valence-electron chi connectivity index (χ3n) is 6.71. The number of hydrogen-bond donors (Lipinski definition) is 0. The molecule has 1 amide bonds. The molecule has 2 aromatic heterocycles. The highest BCUT2D eigenvalue weighted by atomic mass is 35.5. The molecular formula is C27H27ClN4O2S. The molecule has 8 heteroatoms. The first-order valence-electron chi connectivity index (χ1n) is 11.8. The van der Waals surface area contributed by atoms with Gasteiger partial charge in [0, 0.05) is 19.8 Å². The summed E-state index contributed by atoms with van der Waals surface area (Å²) in [5, 5.41) is 0.458. The summed E-state index contributed by atoms with van der Waals surface area (Å²) < 4.78 is 2.48. The summed E-state index contributed by atoms with van der Waals surface area (Å²) in [7, 11) is 1.85. The van der Waals surface area contributed by atoms with Gasteiger partial charge >= 0.3 is 4.87 Å². The SMILES string of the molecule is CN(C(=O)Cn1c(=O)sc2ccccc21)C(CN1CCCC1)c1ccc(-c2ccnc(Cl)c2)cc1. The number of amides is 1. The standard InChI is InChI=1S/C27H27ClN4O2S/c1-30(26(33)18-32-22-6-2-3-7-24(22)35-27(32)34)23(17-31-14-4-5-15-31)20-10-8-19(9-11-20)21-12-13-29-25(28)16-21/h2-3,6-13,16,23H,4-5,14-15,17-18H2,1H3. The van der Waals surface area contributed by atoms with E-state index in [-0.39, 0.29) is 23.4 Å². The third kappa shape index (κ3) is 5.17. The molecule has 180 valence electrons. The van der Waals surface area contributed by atoms with Crippen LogP contribution < -0.4 is 4.87 Å². The van der Waals surface area contributed by atoms with Crippen molar-refractivity contribution in [3.8, 4) is 11.1 Å². The van der Waals surface area contributed by atoms with E-state index in [1.54, 1.807) is 15.7 Å². The van der Waals surface area contributed by atoms with Crippen LogP contribution in [0.4, 0.5) is 0 Å². The number of nitrogens with zero attached hydrogens (tertiary/aromatic N) is 4. The summed E-state index contributed by atoms with van der Waals surface area (Å²) >= 11 is 7.25. The zero-order valence-electron chi connectivity index (χ0n) is 19.6. The molecule has 6 nitrogen and oxygen atoms in total. The van der Waals surface area contributed by atoms with Gasteiger partial charge in [0.15, 0.2) is 0 Å². The van der Waals surface area contributed by atoms with Gasteiger partial charge < -0.3 is 9.80 Å². The number of likely N-dealkylation sites (tertiary alicyclic amines) is 1. The molecule has 0 N–H and O–H groups in total. The van der Waals surface area contributed by atoms with Crippen LogP contribution in [0.1, 0.15) is 24.4 Å². The van der Waals surface area contributed by atoms with Crippen molar-refractivity contribution in [2.24, 2.45) is 0 Å². The van der Waals surface area contributed by atoms with Gasteiger partial charge in [-0.1, -0.05) is 59.3 Å². The maximum atomic E-state index is 13.5. The van der Waals surface area contributed by atoms with Gasteiger partial charge in [-0.05, 0) is 66.9 Å². The molecule has 1 atom stereocenters. The number of carbonyl (C=O) groups is 1. The normalized spacial score (nSPS) is 14.9. The molecule has 0 bridgehead atoms. The van der Waals surface area contributed by atoms with Crippen molar-refractivity contribution in [3.63, 3.8) is 0 Å². The average Bonchev–Trinajstić information content (AvgIpc) is 3.50. The maximum Gasteiger partial charge on any atom is 0.308 e. The van der Waals surface area contributed by atoms with E-state index in [1.807, 2.05) is 43.4 Å². The topological polar surface area (TPSA) is 58.4 Å². The first-order chi connectivity index (χ1) is 17.0. The van der Waals surface area contributed by atoms with E-state index in [4.69, 9.17) is 11.6 Å². The molecule has 0 spiro atoms. The second-order valence-corrected chi connectivity index (χ2v) is 10.3. The summed E-state index contributed by atoms with van der Waals surface area (Å²) in [5.74, 6) is -0.0788. The van der Waals surface area contributed by atoms with E-state index >= 15 is 0 Å². The van der Waals surface area contributed by atoms with Crippen LogP contribution in [-0.4, -0.2) is 51.9 Å². The Hall–Kier alpha value is -3.00. The van der Waals surface area contributed by atoms with Gasteiger partial charge in [-0.25, -0.2) is 4.98 Å². The predicted molar refractivity (Wildman–Crippen MR) is 142 cm³/mol. The van der Waals surface area contributed by atoms with Gasteiger partial charge in [0.2, 0.25) is 5.91 Å². The first-order valence-corrected chi connectivity index (χ1v) is 13.0. The van der Waals surface area contributed by atoms with Gasteiger partial charge in [-0.2, -0.15) is 0 Å². The van der Waals surface area contributed by atoms with Crippen LogP contribution in [0, 0.1) is 0 Å². The molecule has 4 aromatic rings. The highest BCUT2D eigenvalue weighted by Gasteiger charge is 2.26. The Bertz CT molecular complexity index is 1390. The number of pyridine rings is 1.